The number of nitroso groups, excluding NO2 is 1. The summed E-state index contributed by atoms with van der Waals surface area (Å²) in [6.07, 6.45) is 21.8. The fourth-order valence-electron chi connectivity index (χ4n) is 5.54. The van der Waals surface area contributed by atoms with E-state index < -0.39 is 0 Å². The van der Waals surface area contributed by atoms with Gasteiger partial charge in [0.15, 0.2) is 0 Å². The number of unbranched alkanes of at least 4 members (excludes halogenated alkanes) is 14. The van der Waals surface area contributed by atoms with Crippen molar-refractivity contribution in [3.8, 4) is 11.5 Å². The maximum absolute atomic E-state index is 11.8. The van der Waals surface area contributed by atoms with Gasteiger partial charge < -0.3 is 9.47 Å². The van der Waals surface area contributed by atoms with Gasteiger partial charge in [-0.05, 0) is 42.0 Å². The molecule has 0 aliphatic heterocycles. The van der Waals surface area contributed by atoms with Crippen LogP contribution < -0.4 is 15.0 Å². The van der Waals surface area contributed by atoms with Crippen molar-refractivity contribution in [3.05, 3.63) is 28.7 Å². The lowest BCUT2D eigenvalue weighted by Crippen LogP contribution is -2.04. The molecule has 0 heterocycles. The Bertz CT molecular complexity index is 985. The third-order valence-electron chi connectivity index (χ3n) is 7.83. The standard InChI is InChI=1S/C33H54N2O4S/c1-5-7-9-11-13-15-17-19-21-30(40-24-20-18-16-14-12-10-8-6-2)26-25-29(38-3)31-27(34-36)22-23-28(35-37)32(31)33(26)39-4/h22-23,25,30,34,36H,5-21,24H2,1-4H3. The second kappa shape index (κ2) is 20.8. The average molecular weight is 575 g/mol. The Hall–Kier alpha value is -1.99. The molecule has 0 bridgehead atoms. The van der Waals surface area contributed by atoms with E-state index in [1.54, 1.807) is 26.4 Å². The molecule has 0 spiro atoms. The predicted octanol–water partition coefficient (Wildman–Crippen LogP) is 11.5. The second-order valence-corrected chi connectivity index (χ2v) is 12.2. The van der Waals surface area contributed by atoms with Crippen molar-refractivity contribution in [2.24, 2.45) is 5.18 Å². The van der Waals surface area contributed by atoms with Gasteiger partial charge in [-0.3, -0.25) is 10.7 Å². The van der Waals surface area contributed by atoms with Gasteiger partial charge in [0.1, 0.15) is 17.2 Å². The maximum atomic E-state index is 11.8. The Morgan fingerprint density at radius 3 is 1.90 bits per heavy atom. The number of nitrogens with one attached hydrogen (secondary N) is 1. The van der Waals surface area contributed by atoms with Crippen LogP contribution in [-0.2, 0) is 0 Å². The van der Waals surface area contributed by atoms with Crippen molar-refractivity contribution in [2.45, 2.75) is 128 Å². The molecule has 0 radical (unpaired) electrons. The van der Waals surface area contributed by atoms with E-state index in [-0.39, 0.29) is 10.9 Å². The molecule has 0 saturated carbocycles. The third-order valence-corrected chi connectivity index (χ3v) is 9.25. The molecule has 0 fully saturated rings. The van der Waals surface area contributed by atoms with Gasteiger partial charge >= 0.3 is 0 Å². The molecular formula is C33H54N2O4S. The van der Waals surface area contributed by atoms with Crippen LogP contribution in [-0.4, -0.2) is 25.2 Å². The molecule has 2 aromatic rings. The van der Waals surface area contributed by atoms with Crippen LogP contribution in [0.25, 0.3) is 10.8 Å². The topological polar surface area (TPSA) is 80.1 Å². The fraction of sp³-hybridized carbons (Fsp3) is 0.697. The number of fused-ring (bicyclic) bond motifs is 1. The first-order valence-electron chi connectivity index (χ1n) is 15.7. The summed E-state index contributed by atoms with van der Waals surface area (Å²) in [7, 11) is 3.27. The molecule has 0 saturated heterocycles. The minimum atomic E-state index is 0.225. The number of benzene rings is 2. The highest BCUT2D eigenvalue weighted by Gasteiger charge is 2.25. The number of hydrogen-bond acceptors (Lipinski definition) is 7. The lowest BCUT2D eigenvalue weighted by atomic mass is 9.96. The monoisotopic (exact) mass is 574 g/mol. The van der Waals surface area contributed by atoms with Crippen LogP contribution in [0.15, 0.2) is 23.4 Å². The van der Waals surface area contributed by atoms with Crippen LogP contribution >= 0.6 is 11.8 Å². The van der Waals surface area contributed by atoms with Crippen LogP contribution in [0, 0.1) is 4.91 Å². The highest BCUT2D eigenvalue weighted by Crippen LogP contribution is 2.50. The van der Waals surface area contributed by atoms with Crippen molar-refractivity contribution < 1.29 is 14.7 Å². The number of nitrogens with zero attached hydrogens (tertiary/aromatic N) is 1. The highest BCUT2D eigenvalue weighted by molar-refractivity contribution is 7.99. The first-order valence-corrected chi connectivity index (χ1v) is 16.8. The summed E-state index contributed by atoms with van der Waals surface area (Å²) in [4.78, 5) is 11.8. The first kappa shape index (κ1) is 34.2. The Labute approximate surface area is 247 Å². The van der Waals surface area contributed by atoms with E-state index >= 15 is 0 Å². The molecule has 40 heavy (non-hydrogen) atoms. The fourth-order valence-corrected chi connectivity index (χ4v) is 6.89. The van der Waals surface area contributed by atoms with Gasteiger partial charge in [-0.1, -0.05) is 110 Å². The van der Waals surface area contributed by atoms with Gasteiger partial charge in [0.25, 0.3) is 0 Å². The minimum absolute atomic E-state index is 0.225. The molecule has 0 aliphatic rings. The summed E-state index contributed by atoms with van der Waals surface area (Å²) in [6.45, 7) is 4.52. The van der Waals surface area contributed by atoms with Crippen molar-refractivity contribution in [2.75, 3.05) is 25.5 Å². The molecular weight excluding hydrogens is 520 g/mol. The van der Waals surface area contributed by atoms with Gasteiger partial charge in [0.05, 0.1) is 30.7 Å². The predicted molar refractivity (Wildman–Crippen MR) is 173 cm³/mol. The van der Waals surface area contributed by atoms with E-state index in [4.69, 9.17) is 9.47 Å². The Morgan fingerprint density at radius 1 is 0.800 bits per heavy atom. The molecule has 6 nitrogen and oxygen atoms in total. The normalized spacial score (nSPS) is 12.0. The zero-order valence-corrected chi connectivity index (χ0v) is 26.4. The molecule has 0 amide bonds. The minimum Gasteiger partial charge on any atom is -0.496 e. The largest absolute Gasteiger partial charge is 0.496 e. The molecule has 1 unspecified atom stereocenters. The van der Waals surface area contributed by atoms with Crippen LogP contribution in [0.5, 0.6) is 11.5 Å². The number of rotatable bonds is 24. The summed E-state index contributed by atoms with van der Waals surface area (Å²) >= 11 is 1.99. The molecule has 1 atom stereocenters. The van der Waals surface area contributed by atoms with E-state index in [0.717, 1.165) is 24.2 Å². The number of methoxy groups -OCH3 is 2. The Kier molecular flexibility index (Phi) is 17.8. The van der Waals surface area contributed by atoms with Gasteiger partial charge in [0, 0.05) is 10.8 Å². The van der Waals surface area contributed by atoms with Gasteiger partial charge in [-0.25, -0.2) is 0 Å². The van der Waals surface area contributed by atoms with E-state index in [9.17, 15) is 10.1 Å². The summed E-state index contributed by atoms with van der Waals surface area (Å²) in [5.41, 5.74) is 4.03. The molecule has 7 heteroatoms. The Morgan fingerprint density at radius 2 is 1.38 bits per heavy atom. The van der Waals surface area contributed by atoms with Gasteiger partial charge in [-0.15, -0.1) is 4.91 Å². The molecule has 0 aliphatic carbocycles. The number of hydrogen-bond donors (Lipinski definition) is 2. The molecule has 2 N–H and O–H groups in total. The van der Waals surface area contributed by atoms with Crippen LogP contribution in [0.2, 0.25) is 0 Å². The van der Waals surface area contributed by atoms with Crippen molar-refractivity contribution in [1.29, 1.82) is 0 Å². The quantitative estimate of drug-likeness (QED) is 0.0737. The van der Waals surface area contributed by atoms with Crippen LogP contribution in [0.3, 0.4) is 0 Å². The lowest BCUT2D eigenvalue weighted by molar-refractivity contribution is 0.388. The zero-order chi connectivity index (χ0) is 29.0. The summed E-state index contributed by atoms with van der Waals surface area (Å²) in [5.74, 6) is 2.34. The van der Waals surface area contributed by atoms with Crippen LogP contribution in [0.4, 0.5) is 11.4 Å². The third kappa shape index (κ3) is 10.8. The zero-order valence-electron chi connectivity index (χ0n) is 25.6. The summed E-state index contributed by atoms with van der Waals surface area (Å²) in [5, 5.41) is 14.5. The molecule has 2 aromatic carbocycles. The van der Waals surface area contributed by atoms with Crippen molar-refractivity contribution >= 4 is 33.9 Å². The van der Waals surface area contributed by atoms with E-state index in [1.165, 1.54) is 96.3 Å². The summed E-state index contributed by atoms with van der Waals surface area (Å²) < 4.78 is 11.8. The van der Waals surface area contributed by atoms with E-state index in [2.05, 4.69) is 24.5 Å². The number of thioether (sulfide) groups is 1. The van der Waals surface area contributed by atoms with Gasteiger partial charge in [0.2, 0.25) is 0 Å². The maximum Gasteiger partial charge on any atom is 0.133 e. The second-order valence-electron chi connectivity index (χ2n) is 10.9. The SMILES string of the molecule is CCCCCCCCCCSC(CCCCCCCCCC)c1cc(OC)c2c(NO)ccc(N=O)c2c1OC. The molecule has 226 valence electrons. The van der Waals surface area contributed by atoms with Crippen molar-refractivity contribution in [1.82, 2.24) is 0 Å². The molecule has 0 aromatic heterocycles. The Balaban J connectivity index is 2.21. The van der Waals surface area contributed by atoms with E-state index in [0.29, 0.717) is 28.0 Å². The van der Waals surface area contributed by atoms with Gasteiger partial charge in [-0.2, -0.15) is 11.8 Å². The average Bonchev–Trinajstić information content (AvgIpc) is 2.98. The van der Waals surface area contributed by atoms with Crippen LogP contribution in [0.1, 0.15) is 134 Å². The lowest BCUT2D eigenvalue weighted by Gasteiger charge is -2.23. The molecule has 2 rings (SSSR count). The summed E-state index contributed by atoms with van der Waals surface area (Å²) in [6, 6.07) is 5.28. The first-order chi connectivity index (χ1) is 19.7. The van der Waals surface area contributed by atoms with E-state index in [1.807, 2.05) is 17.8 Å². The number of ether oxygens (including phenoxy) is 2. The smallest absolute Gasteiger partial charge is 0.133 e. The highest BCUT2D eigenvalue weighted by atomic mass is 32.2. The van der Waals surface area contributed by atoms with Crippen molar-refractivity contribution in [3.63, 3.8) is 0 Å². The number of anilines is 1.